The summed E-state index contributed by atoms with van der Waals surface area (Å²) < 4.78 is 0. The highest BCUT2D eigenvalue weighted by Gasteiger charge is 2.49. The number of piperazine rings is 1. The molecule has 1 aromatic carbocycles. The van der Waals surface area contributed by atoms with Gasteiger partial charge in [0.05, 0.1) is 12.1 Å². The highest BCUT2D eigenvalue weighted by atomic mass is 16.2. The summed E-state index contributed by atoms with van der Waals surface area (Å²) in [5.41, 5.74) is 1.15. The van der Waals surface area contributed by atoms with Gasteiger partial charge in [-0.1, -0.05) is 30.3 Å². The van der Waals surface area contributed by atoms with Crippen molar-refractivity contribution in [1.29, 1.82) is 0 Å². The first-order valence-corrected chi connectivity index (χ1v) is 6.29. The fourth-order valence-corrected chi connectivity index (χ4v) is 2.97. The van der Waals surface area contributed by atoms with Crippen LogP contribution in [0.4, 0.5) is 0 Å². The minimum Gasteiger partial charge on any atom is -0.283 e. The predicted molar refractivity (Wildman–Crippen MR) is 66.6 cm³/mol. The molecule has 3 rings (SSSR count). The second-order valence-electron chi connectivity index (χ2n) is 5.00. The predicted octanol–water partition coefficient (Wildman–Crippen LogP) is 1.02. The highest BCUT2D eigenvalue weighted by molar-refractivity contribution is 6.03. The molecule has 0 aliphatic carbocycles. The van der Waals surface area contributed by atoms with E-state index in [2.05, 4.69) is 4.90 Å². The number of benzene rings is 1. The first-order valence-electron chi connectivity index (χ1n) is 6.29. The Kier molecular flexibility index (Phi) is 2.67. The second kappa shape index (κ2) is 4.21. The molecule has 0 spiro atoms. The van der Waals surface area contributed by atoms with Crippen LogP contribution >= 0.6 is 0 Å². The molecule has 0 aromatic heterocycles. The molecule has 4 nitrogen and oxygen atoms in total. The van der Waals surface area contributed by atoms with Crippen molar-refractivity contribution in [2.75, 3.05) is 7.05 Å². The van der Waals surface area contributed by atoms with Crippen LogP contribution in [0.2, 0.25) is 0 Å². The van der Waals surface area contributed by atoms with Crippen molar-refractivity contribution in [3.63, 3.8) is 0 Å². The number of carbonyl (C=O) groups is 2. The molecule has 2 aliphatic rings. The van der Waals surface area contributed by atoms with E-state index < -0.39 is 0 Å². The number of amides is 2. The van der Waals surface area contributed by atoms with Crippen molar-refractivity contribution in [1.82, 2.24) is 9.80 Å². The van der Waals surface area contributed by atoms with Crippen LogP contribution in [-0.4, -0.2) is 40.7 Å². The van der Waals surface area contributed by atoms with Gasteiger partial charge in [0, 0.05) is 13.6 Å². The van der Waals surface area contributed by atoms with E-state index in [9.17, 15) is 9.59 Å². The van der Waals surface area contributed by atoms with Gasteiger partial charge in [0.25, 0.3) is 0 Å². The van der Waals surface area contributed by atoms with Crippen molar-refractivity contribution < 1.29 is 9.59 Å². The maximum absolute atomic E-state index is 12.1. The highest BCUT2D eigenvalue weighted by Crippen LogP contribution is 2.32. The summed E-state index contributed by atoms with van der Waals surface area (Å²) in [6, 6.07) is 9.78. The molecule has 2 fully saturated rings. The third-order valence-electron chi connectivity index (χ3n) is 3.95. The topological polar surface area (TPSA) is 40.6 Å². The summed E-state index contributed by atoms with van der Waals surface area (Å²) in [7, 11) is 1.59. The minimum absolute atomic E-state index is 0.0512. The molecule has 0 radical (unpaired) electrons. The summed E-state index contributed by atoms with van der Waals surface area (Å²) in [5, 5.41) is 0. The van der Waals surface area contributed by atoms with E-state index in [0.717, 1.165) is 18.4 Å². The SMILES string of the molecule is CN1C(=O)C2CCC(C1=O)N2Cc1ccccc1. The number of carbonyl (C=O) groups excluding carboxylic acids is 2. The van der Waals surface area contributed by atoms with Gasteiger partial charge in [-0.15, -0.1) is 0 Å². The molecule has 2 unspecified atom stereocenters. The zero-order valence-corrected chi connectivity index (χ0v) is 10.4. The number of likely N-dealkylation sites (N-methyl/N-ethyl adjacent to an activating group) is 1. The standard InChI is InChI=1S/C14H16N2O2/c1-15-13(17)11-7-8-12(14(15)18)16(11)9-10-5-3-2-4-6-10/h2-6,11-12H,7-9H2,1H3. The van der Waals surface area contributed by atoms with Crippen LogP contribution in [0.3, 0.4) is 0 Å². The number of imide groups is 1. The van der Waals surface area contributed by atoms with E-state index in [1.165, 1.54) is 4.90 Å². The van der Waals surface area contributed by atoms with Crippen molar-refractivity contribution in [3.05, 3.63) is 35.9 Å². The van der Waals surface area contributed by atoms with Gasteiger partial charge in [-0.3, -0.25) is 19.4 Å². The average Bonchev–Trinajstić information content (AvgIpc) is 2.76. The third-order valence-corrected chi connectivity index (χ3v) is 3.95. The van der Waals surface area contributed by atoms with Gasteiger partial charge in [0.15, 0.2) is 0 Å². The largest absolute Gasteiger partial charge is 0.283 e. The zero-order valence-electron chi connectivity index (χ0n) is 10.4. The normalized spacial score (nSPS) is 27.9. The lowest BCUT2D eigenvalue weighted by Crippen LogP contribution is -2.58. The van der Waals surface area contributed by atoms with E-state index in [1.807, 2.05) is 30.3 Å². The maximum atomic E-state index is 12.1. The third kappa shape index (κ3) is 1.64. The van der Waals surface area contributed by atoms with Crippen LogP contribution in [0, 0.1) is 0 Å². The average molecular weight is 244 g/mol. The Morgan fingerprint density at radius 1 is 1.06 bits per heavy atom. The van der Waals surface area contributed by atoms with Crippen LogP contribution in [-0.2, 0) is 16.1 Å². The number of hydrogen-bond acceptors (Lipinski definition) is 3. The Hall–Kier alpha value is -1.68. The van der Waals surface area contributed by atoms with Gasteiger partial charge in [0.1, 0.15) is 0 Å². The maximum Gasteiger partial charge on any atom is 0.246 e. The van der Waals surface area contributed by atoms with Crippen LogP contribution in [0.5, 0.6) is 0 Å². The van der Waals surface area contributed by atoms with Crippen LogP contribution in [0.1, 0.15) is 18.4 Å². The van der Waals surface area contributed by atoms with E-state index in [0.29, 0.717) is 6.54 Å². The number of fused-ring (bicyclic) bond motifs is 2. The van der Waals surface area contributed by atoms with Crippen molar-refractivity contribution in [3.8, 4) is 0 Å². The Balaban J connectivity index is 1.86. The smallest absolute Gasteiger partial charge is 0.246 e. The number of hydrogen-bond donors (Lipinski definition) is 0. The van der Waals surface area contributed by atoms with Crippen molar-refractivity contribution in [2.24, 2.45) is 0 Å². The summed E-state index contributed by atoms with van der Waals surface area (Å²) in [6.07, 6.45) is 1.60. The van der Waals surface area contributed by atoms with Crippen LogP contribution in [0.15, 0.2) is 30.3 Å². The molecule has 2 aliphatic heterocycles. The second-order valence-corrected chi connectivity index (χ2v) is 5.00. The van der Waals surface area contributed by atoms with Crippen molar-refractivity contribution >= 4 is 11.8 Å². The zero-order chi connectivity index (χ0) is 12.7. The molecular formula is C14H16N2O2. The van der Waals surface area contributed by atoms with Gasteiger partial charge in [-0.25, -0.2) is 0 Å². The lowest BCUT2D eigenvalue weighted by molar-refractivity contribution is -0.155. The van der Waals surface area contributed by atoms with E-state index in [-0.39, 0.29) is 23.9 Å². The molecule has 2 saturated heterocycles. The fraction of sp³-hybridized carbons (Fsp3) is 0.429. The van der Waals surface area contributed by atoms with Gasteiger partial charge in [-0.2, -0.15) is 0 Å². The first kappa shape index (κ1) is 11.4. The van der Waals surface area contributed by atoms with Gasteiger partial charge in [0.2, 0.25) is 11.8 Å². The van der Waals surface area contributed by atoms with Crippen LogP contribution < -0.4 is 0 Å². The van der Waals surface area contributed by atoms with Crippen LogP contribution in [0.25, 0.3) is 0 Å². The quantitative estimate of drug-likeness (QED) is 0.729. The Morgan fingerprint density at radius 2 is 1.61 bits per heavy atom. The summed E-state index contributed by atoms with van der Waals surface area (Å²) >= 11 is 0. The molecule has 0 N–H and O–H groups in total. The number of nitrogens with zero attached hydrogens (tertiary/aromatic N) is 2. The molecule has 4 heteroatoms. The molecule has 0 saturated carbocycles. The molecule has 94 valence electrons. The Bertz CT molecular complexity index is 462. The molecule has 18 heavy (non-hydrogen) atoms. The van der Waals surface area contributed by atoms with E-state index >= 15 is 0 Å². The molecule has 2 heterocycles. The lowest BCUT2D eigenvalue weighted by Gasteiger charge is -2.37. The number of rotatable bonds is 2. The van der Waals surface area contributed by atoms with Gasteiger partial charge >= 0.3 is 0 Å². The number of likely N-dealkylation sites (tertiary alicyclic amines) is 1. The van der Waals surface area contributed by atoms with E-state index in [4.69, 9.17) is 0 Å². The van der Waals surface area contributed by atoms with Gasteiger partial charge in [-0.05, 0) is 18.4 Å². The molecular weight excluding hydrogens is 228 g/mol. The monoisotopic (exact) mass is 244 g/mol. The summed E-state index contributed by atoms with van der Waals surface area (Å²) in [6.45, 7) is 0.682. The van der Waals surface area contributed by atoms with Gasteiger partial charge < -0.3 is 0 Å². The molecule has 2 amide bonds. The fourth-order valence-electron chi connectivity index (χ4n) is 2.97. The summed E-state index contributed by atoms with van der Waals surface area (Å²) in [5.74, 6) is -0.102. The molecule has 1 aromatic rings. The molecule has 2 bridgehead atoms. The molecule has 2 atom stereocenters. The lowest BCUT2D eigenvalue weighted by atomic mass is 10.1. The minimum atomic E-state index is -0.113. The van der Waals surface area contributed by atoms with E-state index in [1.54, 1.807) is 7.05 Å². The Morgan fingerprint density at radius 3 is 2.17 bits per heavy atom. The first-order chi connectivity index (χ1) is 8.68. The Labute approximate surface area is 106 Å². The summed E-state index contributed by atoms with van der Waals surface area (Å²) in [4.78, 5) is 27.5. The van der Waals surface area contributed by atoms with Crippen molar-refractivity contribution in [2.45, 2.75) is 31.5 Å².